The Balaban J connectivity index is 2.29. The van der Waals surface area contributed by atoms with Crippen molar-refractivity contribution in [1.29, 1.82) is 0 Å². The van der Waals surface area contributed by atoms with Gasteiger partial charge in [-0.05, 0) is 13.3 Å². The summed E-state index contributed by atoms with van der Waals surface area (Å²) >= 11 is 0. The van der Waals surface area contributed by atoms with Crippen LogP contribution < -0.4 is 5.32 Å². The summed E-state index contributed by atoms with van der Waals surface area (Å²) in [6, 6.07) is 0. The lowest BCUT2D eigenvalue weighted by atomic mass is 10.3. The van der Waals surface area contributed by atoms with Crippen molar-refractivity contribution < 1.29 is 4.79 Å². The molecule has 1 aliphatic rings. The molecule has 4 heteroatoms. The standard InChI is InChI=1S/C12H25N3O/c1-3-5-8-15(4-2)12(16)11-14-9-6-13-7-10-14/h13H,3-11H2,1-2H3. The van der Waals surface area contributed by atoms with Gasteiger partial charge in [0, 0.05) is 39.3 Å². The minimum atomic E-state index is 0.290. The maximum atomic E-state index is 12.0. The van der Waals surface area contributed by atoms with Gasteiger partial charge in [-0.3, -0.25) is 9.69 Å². The Morgan fingerprint density at radius 2 is 2.00 bits per heavy atom. The summed E-state index contributed by atoms with van der Waals surface area (Å²) in [6.07, 6.45) is 2.26. The lowest BCUT2D eigenvalue weighted by Crippen LogP contribution is -2.48. The summed E-state index contributed by atoms with van der Waals surface area (Å²) in [5.74, 6) is 0.290. The van der Waals surface area contributed by atoms with Crippen LogP contribution in [0.15, 0.2) is 0 Å². The summed E-state index contributed by atoms with van der Waals surface area (Å²) in [5.41, 5.74) is 0. The largest absolute Gasteiger partial charge is 0.342 e. The highest BCUT2D eigenvalue weighted by Crippen LogP contribution is 1.99. The van der Waals surface area contributed by atoms with E-state index in [2.05, 4.69) is 24.1 Å². The zero-order chi connectivity index (χ0) is 11.8. The molecule has 16 heavy (non-hydrogen) atoms. The molecular formula is C12H25N3O. The highest BCUT2D eigenvalue weighted by atomic mass is 16.2. The molecule has 1 amide bonds. The van der Waals surface area contributed by atoms with Crippen LogP contribution in [0.25, 0.3) is 0 Å². The van der Waals surface area contributed by atoms with Gasteiger partial charge in [-0.15, -0.1) is 0 Å². The van der Waals surface area contributed by atoms with Crippen LogP contribution in [0.1, 0.15) is 26.7 Å². The van der Waals surface area contributed by atoms with E-state index < -0.39 is 0 Å². The van der Waals surface area contributed by atoms with Gasteiger partial charge in [0.05, 0.1) is 6.54 Å². The predicted octanol–water partition coefficient (Wildman–Crippen LogP) is 0.540. The van der Waals surface area contributed by atoms with Crippen molar-refractivity contribution in [1.82, 2.24) is 15.1 Å². The number of rotatable bonds is 6. The molecule has 1 heterocycles. The Hall–Kier alpha value is -0.610. The fraction of sp³-hybridized carbons (Fsp3) is 0.917. The van der Waals surface area contributed by atoms with Crippen molar-refractivity contribution in [3.05, 3.63) is 0 Å². The van der Waals surface area contributed by atoms with Crippen LogP contribution in [0.2, 0.25) is 0 Å². The molecule has 4 nitrogen and oxygen atoms in total. The van der Waals surface area contributed by atoms with Gasteiger partial charge in [-0.25, -0.2) is 0 Å². The molecule has 0 aliphatic carbocycles. The van der Waals surface area contributed by atoms with Crippen molar-refractivity contribution >= 4 is 5.91 Å². The minimum Gasteiger partial charge on any atom is -0.342 e. The number of piperazine rings is 1. The normalized spacial score (nSPS) is 17.4. The van der Waals surface area contributed by atoms with E-state index >= 15 is 0 Å². The molecule has 0 atom stereocenters. The molecule has 1 fully saturated rings. The highest BCUT2D eigenvalue weighted by Gasteiger charge is 2.17. The fourth-order valence-electron chi connectivity index (χ4n) is 1.97. The molecule has 1 N–H and O–H groups in total. The van der Waals surface area contributed by atoms with Crippen molar-refractivity contribution in [2.75, 3.05) is 45.8 Å². The first-order valence-corrected chi connectivity index (χ1v) is 6.48. The molecule has 0 radical (unpaired) electrons. The summed E-state index contributed by atoms with van der Waals surface area (Å²) < 4.78 is 0. The van der Waals surface area contributed by atoms with Crippen LogP contribution in [-0.2, 0) is 4.79 Å². The van der Waals surface area contributed by atoms with Crippen LogP contribution in [0.3, 0.4) is 0 Å². The molecule has 0 unspecified atom stereocenters. The fourth-order valence-corrected chi connectivity index (χ4v) is 1.97. The maximum Gasteiger partial charge on any atom is 0.236 e. The van der Waals surface area contributed by atoms with Gasteiger partial charge >= 0.3 is 0 Å². The van der Waals surface area contributed by atoms with E-state index in [1.807, 2.05) is 4.90 Å². The highest BCUT2D eigenvalue weighted by molar-refractivity contribution is 5.78. The van der Waals surface area contributed by atoms with Crippen molar-refractivity contribution in [3.63, 3.8) is 0 Å². The molecule has 94 valence electrons. The lowest BCUT2D eigenvalue weighted by Gasteiger charge is -2.29. The van der Waals surface area contributed by atoms with Gasteiger partial charge in [0.1, 0.15) is 0 Å². The van der Waals surface area contributed by atoms with Crippen LogP contribution in [0.5, 0.6) is 0 Å². The van der Waals surface area contributed by atoms with Gasteiger partial charge in [0.15, 0.2) is 0 Å². The van der Waals surface area contributed by atoms with Crippen LogP contribution >= 0.6 is 0 Å². The summed E-state index contributed by atoms with van der Waals surface area (Å²) in [6.45, 7) is 10.6. The van der Waals surface area contributed by atoms with Crippen molar-refractivity contribution in [3.8, 4) is 0 Å². The lowest BCUT2D eigenvalue weighted by molar-refractivity contribution is -0.132. The Labute approximate surface area is 99.0 Å². The van der Waals surface area contributed by atoms with Gasteiger partial charge in [0.2, 0.25) is 5.91 Å². The van der Waals surface area contributed by atoms with E-state index in [1.54, 1.807) is 0 Å². The average Bonchev–Trinajstić information content (AvgIpc) is 2.31. The van der Waals surface area contributed by atoms with E-state index in [-0.39, 0.29) is 5.91 Å². The third kappa shape index (κ3) is 4.49. The third-order valence-electron chi connectivity index (χ3n) is 3.08. The smallest absolute Gasteiger partial charge is 0.236 e. The van der Waals surface area contributed by atoms with Crippen LogP contribution in [-0.4, -0.2) is 61.5 Å². The first-order chi connectivity index (χ1) is 7.77. The number of likely N-dealkylation sites (N-methyl/N-ethyl adjacent to an activating group) is 1. The van der Waals surface area contributed by atoms with Gasteiger partial charge < -0.3 is 10.2 Å². The molecule has 1 saturated heterocycles. The molecule has 0 aromatic carbocycles. The number of hydrogen-bond donors (Lipinski definition) is 1. The SMILES string of the molecule is CCCCN(CC)C(=O)CN1CCNCC1. The Bertz CT molecular complexity index is 202. The average molecular weight is 227 g/mol. The zero-order valence-corrected chi connectivity index (χ0v) is 10.7. The van der Waals surface area contributed by atoms with E-state index in [4.69, 9.17) is 0 Å². The van der Waals surface area contributed by atoms with E-state index in [1.165, 1.54) is 0 Å². The van der Waals surface area contributed by atoms with Crippen LogP contribution in [0, 0.1) is 0 Å². The molecule has 1 rings (SSSR count). The van der Waals surface area contributed by atoms with Gasteiger partial charge in [-0.2, -0.15) is 0 Å². The van der Waals surface area contributed by atoms with E-state index in [0.717, 1.165) is 52.1 Å². The maximum absolute atomic E-state index is 12.0. The van der Waals surface area contributed by atoms with E-state index in [0.29, 0.717) is 6.54 Å². The zero-order valence-electron chi connectivity index (χ0n) is 10.7. The third-order valence-corrected chi connectivity index (χ3v) is 3.08. The molecule has 1 aliphatic heterocycles. The molecular weight excluding hydrogens is 202 g/mol. The Kier molecular flexibility index (Phi) is 6.42. The minimum absolute atomic E-state index is 0.290. The van der Waals surface area contributed by atoms with Crippen molar-refractivity contribution in [2.24, 2.45) is 0 Å². The second-order valence-corrected chi connectivity index (χ2v) is 4.35. The number of nitrogens with zero attached hydrogens (tertiary/aromatic N) is 2. The second kappa shape index (κ2) is 7.63. The predicted molar refractivity (Wildman–Crippen MR) is 66.5 cm³/mol. The van der Waals surface area contributed by atoms with Gasteiger partial charge in [0.25, 0.3) is 0 Å². The Morgan fingerprint density at radius 3 is 2.56 bits per heavy atom. The number of nitrogens with one attached hydrogen (secondary N) is 1. The summed E-state index contributed by atoms with van der Waals surface area (Å²) in [4.78, 5) is 16.2. The molecule has 0 spiro atoms. The molecule has 0 aromatic rings. The number of carbonyl (C=O) groups is 1. The summed E-state index contributed by atoms with van der Waals surface area (Å²) in [5, 5.41) is 3.30. The number of carbonyl (C=O) groups excluding carboxylic acids is 1. The van der Waals surface area contributed by atoms with E-state index in [9.17, 15) is 4.79 Å². The molecule has 0 saturated carbocycles. The first-order valence-electron chi connectivity index (χ1n) is 6.48. The number of hydrogen-bond acceptors (Lipinski definition) is 3. The molecule has 0 bridgehead atoms. The summed E-state index contributed by atoms with van der Waals surface area (Å²) in [7, 11) is 0. The monoisotopic (exact) mass is 227 g/mol. The van der Waals surface area contributed by atoms with Crippen molar-refractivity contribution in [2.45, 2.75) is 26.7 Å². The first kappa shape index (κ1) is 13.5. The second-order valence-electron chi connectivity index (χ2n) is 4.35. The molecule has 0 aromatic heterocycles. The quantitative estimate of drug-likeness (QED) is 0.719. The van der Waals surface area contributed by atoms with Gasteiger partial charge in [-0.1, -0.05) is 13.3 Å². The number of amides is 1. The number of unbranched alkanes of at least 4 members (excludes halogenated alkanes) is 1. The topological polar surface area (TPSA) is 35.6 Å². The Morgan fingerprint density at radius 1 is 1.31 bits per heavy atom. The van der Waals surface area contributed by atoms with Crippen LogP contribution in [0.4, 0.5) is 0 Å².